The second-order valence-corrected chi connectivity index (χ2v) is 6.70. The molecule has 1 saturated heterocycles. The monoisotopic (exact) mass is 365 g/mol. The number of fused-ring (bicyclic) bond motifs is 1. The van der Waals surface area contributed by atoms with Crippen LogP contribution in [0.2, 0.25) is 0 Å². The summed E-state index contributed by atoms with van der Waals surface area (Å²) in [7, 11) is 0. The maximum Gasteiger partial charge on any atom is 0.242 e. The summed E-state index contributed by atoms with van der Waals surface area (Å²) >= 11 is 0. The first-order valence-electron chi connectivity index (χ1n) is 9.20. The Balaban J connectivity index is 1.53. The summed E-state index contributed by atoms with van der Waals surface area (Å²) in [6, 6.07) is 11.3. The van der Waals surface area contributed by atoms with E-state index in [1.807, 2.05) is 43.3 Å². The number of rotatable bonds is 5. The Morgan fingerprint density at radius 2 is 2.04 bits per heavy atom. The zero-order chi connectivity index (χ0) is 18.6. The Kier molecular flexibility index (Phi) is 5.18. The first kappa shape index (κ1) is 17.7. The van der Waals surface area contributed by atoms with Crippen LogP contribution in [-0.4, -0.2) is 42.1 Å². The standard InChI is InChI=1S/C21H23N3O3/c1-15-17-6-2-3-7-18(17)27-19(15)14-23-21(25)20(16-5-4-8-22-13-16)24-9-11-26-12-10-24/h2-8,13,20H,9-12,14H2,1H3,(H,23,25)/t20-/m0/s1. The van der Waals surface area contributed by atoms with Gasteiger partial charge in [0.15, 0.2) is 0 Å². The van der Waals surface area contributed by atoms with Crippen LogP contribution < -0.4 is 5.32 Å². The summed E-state index contributed by atoms with van der Waals surface area (Å²) in [5.41, 5.74) is 2.80. The SMILES string of the molecule is Cc1c(CNC(=O)[C@H](c2cccnc2)N2CCOCC2)oc2ccccc12. The number of pyridine rings is 1. The molecule has 1 atom stereocenters. The highest BCUT2D eigenvalue weighted by Crippen LogP contribution is 2.26. The molecule has 1 aromatic carbocycles. The molecule has 1 N–H and O–H groups in total. The number of para-hydroxylation sites is 1. The molecular weight excluding hydrogens is 342 g/mol. The Labute approximate surface area is 158 Å². The number of carbonyl (C=O) groups excluding carboxylic acids is 1. The summed E-state index contributed by atoms with van der Waals surface area (Å²) < 4.78 is 11.4. The number of nitrogens with zero attached hydrogens (tertiary/aromatic N) is 2. The molecule has 2 aromatic heterocycles. The van der Waals surface area contributed by atoms with Crippen LogP contribution in [0.5, 0.6) is 0 Å². The zero-order valence-corrected chi connectivity index (χ0v) is 15.4. The predicted molar refractivity (Wildman–Crippen MR) is 102 cm³/mol. The van der Waals surface area contributed by atoms with Crippen LogP contribution in [-0.2, 0) is 16.1 Å². The molecule has 6 heteroatoms. The van der Waals surface area contributed by atoms with Gasteiger partial charge in [-0.25, -0.2) is 0 Å². The lowest BCUT2D eigenvalue weighted by Crippen LogP contribution is -2.45. The fourth-order valence-corrected chi connectivity index (χ4v) is 3.56. The number of aromatic nitrogens is 1. The number of ether oxygens (including phenoxy) is 1. The van der Waals surface area contributed by atoms with E-state index < -0.39 is 0 Å². The lowest BCUT2D eigenvalue weighted by atomic mass is 10.1. The lowest BCUT2D eigenvalue weighted by Gasteiger charge is -2.33. The van der Waals surface area contributed by atoms with E-state index in [0.717, 1.165) is 40.9 Å². The maximum absolute atomic E-state index is 13.1. The molecule has 0 unspecified atom stereocenters. The topological polar surface area (TPSA) is 67.6 Å². The van der Waals surface area contributed by atoms with Gasteiger partial charge < -0.3 is 14.5 Å². The van der Waals surface area contributed by atoms with Crippen LogP contribution >= 0.6 is 0 Å². The van der Waals surface area contributed by atoms with E-state index in [-0.39, 0.29) is 11.9 Å². The molecule has 3 aromatic rings. The van der Waals surface area contributed by atoms with Crippen LogP contribution in [0, 0.1) is 6.92 Å². The summed E-state index contributed by atoms with van der Waals surface area (Å²) in [5.74, 6) is 0.737. The highest BCUT2D eigenvalue weighted by atomic mass is 16.5. The van der Waals surface area contributed by atoms with Crippen molar-refractivity contribution in [2.24, 2.45) is 0 Å². The Morgan fingerprint density at radius 1 is 1.22 bits per heavy atom. The third kappa shape index (κ3) is 3.72. The fraction of sp³-hybridized carbons (Fsp3) is 0.333. The van der Waals surface area contributed by atoms with E-state index in [1.165, 1.54) is 0 Å². The van der Waals surface area contributed by atoms with Crippen LogP contribution in [0.3, 0.4) is 0 Å². The quantitative estimate of drug-likeness (QED) is 0.753. The minimum Gasteiger partial charge on any atom is -0.459 e. The van der Waals surface area contributed by atoms with E-state index in [2.05, 4.69) is 15.2 Å². The number of carbonyl (C=O) groups is 1. The van der Waals surface area contributed by atoms with E-state index in [1.54, 1.807) is 12.4 Å². The van der Waals surface area contributed by atoms with Gasteiger partial charge in [-0.2, -0.15) is 0 Å². The Morgan fingerprint density at radius 3 is 2.78 bits per heavy atom. The van der Waals surface area contributed by atoms with Gasteiger partial charge in [0.1, 0.15) is 17.4 Å². The average Bonchev–Trinajstić information content (AvgIpc) is 3.04. The summed E-state index contributed by atoms with van der Waals surface area (Å²) in [5, 5.41) is 4.14. The number of amides is 1. The van der Waals surface area contributed by atoms with Gasteiger partial charge in [0.05, 0.1) is 19.8 Å². The van der Waals surface area contributed by atoms with Crippen molar-refractivity contribution in [2.75, 3.05) is 26.3 Å². The van der Waals surface area contributed by atoms with Gasteiger partial charge in [0.2, 0.25) is 5.91 Å². The van der Waals surface area contributed by atoms with Crippen molar-refractivity contribution in [1.82, 2.24) is 15.2 Å². The van der Waals surface area contributed by atoms with Gasteiger partial charge >= 0.3 is 0 Å². The Hall–Kier alpha value is -2.70. The zero-order valence-electron chi connectivity index (χ0n) is 15.4. The molecule has 1 amide bonds. The lowest BCUT2D eigenvalue weighted by molar-refractivity contribution is -0.128. The van der Waals surface area contributed by atoms with Gasteiger partial charge in [0.25, 0.3) is 0 Å². The molecule has 4 rings (SSSR count). The number of aryl methyl sites for hydroxylation is 1. The molecule has 27 heavy (non-hydrogen) atoms. The first-order chi connectivity index (χ1) is 13.2. The average molecular weight is 365 g/mol. The van der Waals surface area contributed by atoms with Crippen LogP contribution in [0.1, 0.15) is 22.9 Å². The highest BCUT2D eigenvalue weighted by Gasteiger charge is 2.29. The first-order valence-corrected chi connectivity index (χ1v) is 9.20. The van der Waals surface area contributed by atoms with Crippen molar-refractivity contribution in [2.45, 2.75) is 19.5 Å². The molecule has 6 nitrogen and oxygen atoms in total. The molecule has 0 saturated carbocycles. The number of hydrogen-bond donors (Lipinski definition) is 1. The molecule has 0 bridgehead atoms. The molecule has 1 aliphatic rings. The third-order valence-electron chi connectivity index (χ3n) is 5.02. The molecule has 0 spiro atoms. The van der Waals surface area contributed by atoms with Crippen LogP contribution in [0.15, 0.2) is 53.2 Å². The smallest absolute Gasteiger partial charge is 0.242 e. The molecule has 0 radical (unpaired) electrons. The summed E-state index contributed by atoms with van der Waals surface area (Å²) in [4.78, 5) is 19.4. The molecule has 1 aliphatic heterocycles. The van der Waals surface area contributed by atoms with E-state index in [0.29, 0.717) is 19.8 Å². The van der Waals surface area contributed by atoms with Gasteiger partial charge in [-0.15, -0.1) is 0 Å². The van der Waals surface area contributed by atoms with Crippen molar-refractivity contribution in [3.8, 4) is 0 Å². The van der Waals surface area contributed by atoms with Gasteiger partial charge in [-0.05, 0) is 24.6 Å². The number of benzene rings is 1. The largest absolute Gasteiger partial charge is 0.459 e. The van der Waals surface area contributed by atoms with Crippen molar-refractivity contribution in [3.05, 3.63) is 65.7 Å². The normalized spacial score (nSPS) is 16.3. The number of furan rings is 1. The van der Waals surface area contributed by atoms with E-state index >= 15 is 0 Å². The molecule has 3 heterocycles. The molecular formula is C21H23N3O3. The van der Waals surface area contributed by atoms with Crippen molar-refractivity contribution in [1.29, 1.82) is 0 Å². The minimum atomic E-state index is -0.382. The second kappa shape index (κ2) is 7.90. The molecule has 1 fully saturated rings. The van der Waals surface area contributed by atoms with Crippen molar-refractivity contribution < 1.29 is 13.9 Å². The molecule has 140 valence electrons. The van der Waals surface area contributed by atoms with Gasteiger partial charge in [-0.1, -0.05) is 24.3 Å². The van der Waals surface area contributed by atoms with Gasteiger partial charge in [0, 0.05) is 36.4 Å². The van der Waals surface area contributed by atoms with Crippen molar-refractivity contribution in [3.63, 3.8) is 0 Å². The third-order valence-corrected chi connectivity index (χ3v) is 5.02. The Bertz CT molecular complexity index is 917. The van der Waals surface area contributed by atoms with Crippen molar-refractivity contribution >= 4 is 16.9 Å². The van der Waals surface area contributed by atoms with Crippen LogP contribution in [0.4, 0.5) is 0 Å². The van der Waals surface area contributed by atoms with E-state index in [4.69, 9.17) is 9.15 Å². The number of nitrogens with one attached hydrogen (secondary N) is 1. The van der Waals surface area contributed by atoms with Gasteiger partial charge in [-0.3, -0.25) is 14.7 Å². The number of hydrogen-bond acceptors (Lipinski definition) is 5. The number of morpholine rings is 1. The predicted octanol–water partition coefficient (Wildman–Crippen LogP) is 2.83. The minimum absolute atomic E-state index is 0.0512. The maximum atomic E-state index is 13.1. The summed E-state index contributed by atoms with van der Waals surface area (Å²) in [6.45, 7) is 5.08. The summed E-state index contributed by atoms with van der Waals surface area (Å²) in [6.07, 6.45) is 3.47. The van der Waals surface area contributed by atoms with Crippen LogP contribution in [0.25, 0.3) is 11.0 Å². The van der Waals surface area contributed by atoms with E-state index in [9.17, 15) is 4.79 Å². The highest BCUT2D eigenvalue weighted by molar-refractivity contribution is 5.84. The fourth-order valence-electron chi connectivity index (χ4n) is 3.56. The second-order valence-electron chi connectivity index (χ2n) is 6.70. The molecule has 0 aliphatic carbocycles.